The minimum absolute atomic E-state index is 0.323. The van der Waals surface area contributed by atoms with Crippen LogP contribution in [0.3, 0.4) is 0 Å². The largest absolute Gasteiger partial charge is 0.247 e. The fraction of sp³-hybridized carbons (Fsp3) is 0.667. The van der Waals surface area contributed by atoms with Crippen molar-refractivity contribution in [2.24, 2.45) is 0 Å². The van der Waals surface area contributed by atoms with Gasteiger partial charge in [0.05, 0.1) is 0 Å². The second-order valence-electron chi connectivity index (χ2n) is 1.64. The molecule has 48 valence electrons. The molecule has 0 aromatic heterocycles. The van der Waals surface area contributed by atoms with Crippen LogP contribution >= 0.6 is 0 Å². The second-order valence-corrected chi connectivity index (χ2v) is 1.64. The molecule has 0 radical (unpaired) electrons. The zero-order valence-electron chi connectivity index (χ0n) is 4.90. The molecule has 0 aromatic carbocycles. The summed E-state index contributed by atoms with van der Waals surface area (Å²) >= 11 is 0. The summed E-state index contributed by atoms with van der Waals surface area (Å²) in [7, 11) is 0. The quantitative estimate of drug-likeness (QED) is 0.501. The zero-order chi connectivity index (χ0) is 6.41. The van der Waals surface area contributed by atoms with Crippen molar-refractivity contribution >= 4 is 0 Å². The van der Waals surface area contributed by atoms with Crippen molar-refractivity contribution < 1.29 is 8.78 Å². The summed E-state index contributed by atoms with van der Waals surface area (Å²) in [5.74, 6) is 0. The lowest BCUT2D eigenvalue weighted by Crippen LogP contribution is -1.86. The maximum atomic E-state index is 11.9. The van der Waals surface area contributed by atoms with Gasteiger partial charge in [-0.1, -0.05) is 12.2 Å². The van der Waals surface area contributed by atoms with Crippen molar-refractivity contribution in [3.63, 3.8) is 0 Å². The van der Waals surface area contributed by atoms with Crippen LogP contribution in [-0.2, 0) is 0 Å². The van der Waals surface area contributed by atoms with Crippen molar-refractivity contribution in [1.29, 1.82) is 0 Å². The fourth-order valence-electron chi connectivity index (χ4n) is 0.347. The van der Waals surface area contributed by atoms with E-state index in [4.69, 9.17) is 0 Å². The zero-order valence-corrected chi connectivity index (χ0v) is 4.90. The smallest absolute Gasteiger partial charge is 0.108 e. The van der Waals surface area contributed by atoms with Crippen LogP contribution in [0.5, 0.6) is 0 Å². The Bertz CT molecular complexity index is 66.9. The maximum absolute atomic E-state index is 11.9. The number of halogens is 2. The number of allylic oxidation sites excluding steroid dienone is 2. The van der Waals surface area contributed by atoms with Crippen LogP contribution in [-0.4, -0.2) is 12.8 Å². The minimum Gasteiger partial charge on any atom is -0.247 e. The van der Waals surface area contributed by atoms with E-state index in [0.29, 0.717) is 6.42 Å². The first-order valence-electron chi connectivity index (χ1n) is 2.62. The van der Waals surface area contributed by atoms with E-state index in [1.165, 1.54) is 19.1 Å². The number of alkyl halides is 2. The average Bonchev–Trinajstić information content (AvgIpc) is 1.66. The van der Waals surface area contributed by atoms with E-state index in [-0.39, 0.29) is 0 Å². The number of hydrogen-bond acceptors (Lipinski definition) is 0. The molecule has 0 fully saturated rings. The molecule has 0 spiro atoms. The predicted octanol–water partition coefficient (Wildman–Crippen LogP) is 2.26. The average molecular weight is 120 g/mol. The molecule has 8 heavy (non-hydrogen) atoms. The van der Waals surface area contributed by atoms with Gasteiger partial charge in [-0.15, -0.1) is 0 Å². The third-order valence-corrected chi connectivity index (χ3v) is 0.717. The molecule has 0 nitrogen and oxygen atoms in total. The van der Waals surface area contributed by atoms with Gasteiger partial charge in [0.15, 0.2) is 0 Å². The molecule has 0 aliphatic rings. The van der Waals surface area contributed by atoms with Crippen molar-refractivity contribution in [2.45, 2.75) is 19.5 Å². The molecular weight excluding hydrogens is 110 g/mol. The SMILES string of the molecule is C[C@H](F)C/C=C\CF. The van der Waals surface area contributed by atoms with Gasteiger partial charge in [0, 0.05) is 0 Å². The Morgan fingerprint density at radius 1 is 1.50 bits per heavy atom. The molecule has 2 heteroatoms. The van der Waals surface area contributed by atoms with E-state index in [0.717, 1.165) is 0 Å². The highest BCUT2D eigenvalue weighted by atomic mass is 19.1. The molecule has 0 unspecified atom stereocenters. The van der Waals surface area contributed by atoms with E-state index in [1.807, 2.05) is 0 Å². The first-order valence-corrected chi connectivity index (χ1v) is 2.62. The summed E-state index contributed by atoms with van der Waals surface area (Å²) in [6.45, 7) is 0.954. The monoisotopic (exact) mass is 120 g/mol. The predicted molar refractivity (Wildman–Crippen MR) is 30.3 cm³/mol. The van der Waals surface area contributed by atoms with E-state index < -0.39 is 12.8 Å². The van der Waals surface area contributed by atoms with Crippen LogP contribution in [0.4, 0.5) is 8.78 Å². The standard InChI is InChI=1S/C6H10F2/c1-6(8)4-2-3-5-7/h2-3,6H,4-5H2,1H3/b3-2-/t6-/m0/s1. The summed E-state index contributed by atoms with van der Waals surface area (Å²) in [5.41, 5.74) is 0. The summed E-state index contributed by atoms with van der Waals surface area (Å²) in [6, 6.07) is 0. The van der Waals surface area contributed by atoms with Crippen LogP contribution in [0.15, 0.2) is 12.2 Å². The number of hydrogen-bond donors (Lipinski definition) is 0. The van der Waals surface area contributed by atoms with E-state index in [9.17, 15) is 8.78 Å². The van der Waals surface area contributed by atoms with Crippen molar-refractivity contribution in [3.05, 3.63) is 12.2 Å². The van der Waals surface area contributed by atoms with E-state index in [2.05, 4.69) is 0 Å². The van der Waals surface area contributed by atoms with Crippen molar-refractivity contribution in [3.8, 4) is 0 Å². The third-order valence-electron chi connectivity index (χ3n) is 0.717. The Balaban J connectivity index is 3.03. The van der Waals surface area contributed by atoms with Gasteiger partial charge in [0.1, 0.15) is 12.8 Å². The molecule has 0 aliphatic carbocycles. The maximum Gasteiger partial charge on any atom is 0.108 e. The van der Waals surface area contributed by atoms with Gasteiger partial charge in [-0.3, -0.25) is 0 Å². The second kappa shape index (κ2) is 4.75. The third kappa shape index (κ3) is 5.60. The molecule has 0 amide bonds. The summed E-state index contributed by atoms with van der Waals surface area (Å²) in [5, 5.41) is 0. The molecule has 0 bridgehead atoms. The molecule has 0 saturated carbocycles. The van der Waals surface area contributed by atoms with E-state index >= 15 is 0 Å². The lowest BCUT2D eigenvalue weighted by molar-refractivity contribution is 0.365. The lowest BCUT2D eigenvalue weighted by Gasteiger charge is -1.90. The van der Waals surface area contributed by atoms with Crippen molar-refractivity contribution in [2.75, 3.05) is 6.67 Å². The fourth-order valence-corrected chi connectivity index (χ4v) is 0.347. The Hall–Kier alpha value is -0.400. The summed E-state index contributed by atoms with van der Waals surface area (Å²) in [6.07, 6.45) is 2.29. The van der Waals surface area contributed by atoms with Crippen LogP contribution in [0.1, 0.15) is 13.3 Å². The normalized spacial score (nSPS) is 14.9. The molecule has 0 rings (SSSR count). The Morgan fingerprint density at radius 2 is 2.12 bits per heavy atom. The van der Waals surface area contributed by atoms with Gasteiger partial charge in [-0.25, -0.2) is 8.78 Å². The highest BCUT2D eigenvalue weighted by molar-refractivity contribution is 4.82. The molecular formula is C6H10F2. The van der Waals surface area contributed by atoms with Gasteiger partial charge < -0.3 is 0 Å². The van der Waals surface area contributed by atoms with Gasteiger partial charge >= 0.3 is 0 Å². The number of rotatable bonds is 3. The minimum atomic E-state index is -0.849. The highest BCUT2D eigenvalue weighted by Gasteiger charge is 1.89. The van der Waals surface area contributed by atoms with E-state index in [1.54, 1.807) is 0 Å². The van der Waals surface area contributed by atoms with Gasteiger partial charge in [0.25, 0.3) is 0 Å². The topological polar surface area (TPSA) is 0 Å². The molecule has 0 aliphatic heterocycles. The highest BCUT2D eigenvalue weighted by Crippen LogP contribution is 1.95. The van der Waals surface area contributed by atoms with Gasteiger partial charge in [0.2, 0.25) is 0 Å². The first kappa shape index (κ1) is 7.60. The molecule has 0 heterocycles. The van der Waals surface area contributed by atoms with Crippen LogP contribution in [0, 0.1) is 0 Å². The van der Waals surface area contributed by atoms with Crippen LogP contribution in [0.2, 0.25) is 0 Å². The Labute approximate surface area is 48.2 Å². The van der Waals surface area contributed by atoms with Crippen LogP contribution in [0.25, 0.3) is 0 Å². The molecule has 0 N–H and O–H groups in total. The Kier molecular flexibility index (Phi) is 4.51. The summed E-state index contributed by atoms with van der Waals surface area (Å²) in [4.78, 5) is 0. The van der Waals surface area contributed by atoms with Crippen LogP contribution < -0.4 is 0 Å². The Morgan fingerprint density at radius 3 is 2.50 bits per heavy atom. The molecule has 0 saturated heterocycles. The van der Waals surface area contributed by atoms with Gasteiger partial charge in [-0.05, 0) is 13.3 Å². The summed E-state index contributed by atoms with van der Waals surface area (Å²) < 4.78 is 23.1. The van der Waals surface area contributed by atoms with Crippen molar-refractivity contribution in [1.82, 2.24) is 0 Å². The lowest BCUT2D eigenvalue weighted by atomic mass is 10.3. The molecule has 1 atom stereocenters. The van der Waals surface area contributed by atoms with Gasteiger partial charge in [-0.2, -0.15) is 0 Å². The first-order chi connectivity index (χ1) is 3.77. The molecule has 0 aromatic rings.